The standard InChI is InChI=1S/C24H20N4O2/c29-23-8-4-14-28(23)20-6-3-5-18(15-20)24(30)25-19-11-9-17(10-12-19)21-16-27-13-2-1-7-22(27)26-21/h1-3,5-7,9-13,15-16H,4,8,14H2,(H,25,30). The second-order valence-electron chi connectivity index (χ2n) is 7.32. The van der Waals surface area contributed by atoms with Gasteiger partial charge in [0, 0.05) is 47.9 Å². The summed E-state index contributed by atoms with van der Waals surface area (Å²) >= 11 is 0. The van der Waals surface area contributed by atoms with Crippen LogP contribution in [0, 0.1) is 0 Å². The molecule has 148 valence electrons. The minimum absolute atomic E-state index is 0.107. The maximum Gasteiger partial charge on any atom is 0.255 e. The van der Waals surface area contributed by atoms with E-state index in [0.717, 1.165) is 29.0 Å². The largest absolute Gasteiger partial charge is 0.322 e. The van der Waals surface area contributed by atoms with Crippen LogP contribution >= 0.6 is 0 Å². The molecule has 0 spiro atoms. The minimum atomic E-state index is -0.205. The van der Waals surface area contributed by atoms with Gasteiger partial charge in [-0.1, -0.05) is 24.3 Å². The van der Waals surface area contributed by atoms with Gasteiger partial charge in [0.1, 0.15) is 5.65 Å². The molecule has 3 heterocycles. The Bertz CT molecular complexity index is 1210. The van der Waals surface area contributed by atoms with Crippen LogP contribution in [0.5, 0.6) is 0 Å². The fraction of sp³-hybridized carbons (Fsp3) is 0.125. The average Bonchev–Trinajstić information content (AvgIpc) is 3.40. The van der Waals surface area contributed by atoms with Crippen molar-refractivity contribution < 1.29 is 9.59 Å². The summed E-state index contributed by atoms with van der Waals surface area (Å²) in [5.41, 5.74) is 4.74. The summed E-state index contributed by atoms with van der Waals surface area (Å²) in [5.74, 6) is -0.0981. The second-order valence-corrected chi connectivity index (χ2v) is 7.32. The number of anilines is 2. The number of carbonyl (C=O) groups is 2. The van der Waals surface area contributed by atoms with E-state index in [2.05, 4.69) is 10.3 Å². The summed E-state index contributed by atoms with van der Waals surface area (Å²) in [6.07, 6.45) is 5.36. The van der Waals surface area contributed by atoms with Crippen LogP contribution in [0.4, 0.5) is 11.4 Å². The summed E-state index contributed by atoms with van der Waals surface area (Å²) in [6.45, 7) is 0.703. The number of hydrogen-bond donors (Lipinski definition) is 1. The molecule has 0 bridgehead atoms. The molecule has 4 aromatic rings. The third-order valence-corrected chi connectivity index (χ3v) is 5.30. The van der Waals surface area contributed by atoms with Gasteiger partial charge in [-0.15, -0.1) is 0 Å². The molecule has 1 aliphatic heterocycles. The first-order valence-electron chi connectivity index (χ1n) is 9.93. The number of rotatable bonds is 4. The molecule has 0 unspecified atom stereocenters. The van der Waals surface area contributed by atoms with Crippen LogP contribution in [0.25, 0.3) is 16.9 Å². The highest BCUT2D eigenvalue weighted by Gasteiger charge is 2.22. The van der Waals surface area contributed by atoms with Gasteiger partial charge in [0.2, 0.25) is 5.91 Å². The SMILES string of the molecule is O=C(Nc1ccc(-c2cn3ccccc3n2)cc1)c1cccc(N2CCCC2=O)c1. The number of amides is 2. The molecular formula is C24H20N4O2. The lowest BCUT2D eigenvalue weighted by Gasteiger charge is -2.16. The minimum Gasteiger partial charge on any atom is -0.322 e. The zero-order valence-electron chi connectivity index (χ0n) is 16.3. The second kappa shape index (κ2) is 7.48. The van der Waals surface area contributed by atoms with Gasteiger partial charge >= 0.3 is 0 Å². The molecule has 30 heavy (non-hydrogen) atoms. The van der Waals surface area contributed by atoms with Crippen LogP contribution in [0.3, 0.4) is 0 Å². The molecule has 5 rings (SSSR count). The summed E-state index contributed by atoms with van der Waals surface area (Å²) < 4.78 is 1.98. The molecule has 2 aromatic heterocycles. The van der Waals surface area contributed by atoms with Crippen LogP contribution in [0.15, 0.2) is 79.1 Å². The molecule has 0 saturated carbocycles. The Kier molecular flexibility index (Phi) is 4.52. The summed E-state index contributed by atoms with van der Waals surface area (Å²) in [5, 5.41) is 2.92. The zero-order chi connectivity index (χ0) is 20.5. The number of hydrogen-bond acceptors (Lipinski definition) is 3. The summed E-state index contributed by atoms with van der Waals surface area (Å²) in [4.78, 5) is 31.0. The lowest BCUT2D eigenvalue weighted by Crippen LogP contribution is -2.24. The molecule has 6 nitrogen and oxygen atoms in total. The van der Waals surface area contributed by atoms with Gasteiger partial charge in [0.25, 0.3) is 5.91 Å². The van der Waals surface area contributed by atoms with Crippen molar-refractivity contribution in [1.82, 2.24) is 9.38 Å². The van der Waals surface area contributed by atoms with Gasteiger partial charge in [0.15, 0.2) is 0 Å². The predicted molar refractivity (Wildman–Crippen MR) is 117 cm³/mol. The molecular weight excluding hydrogens is 376 g/mol. The topological polar surface area (TPSA) is 66.7 Å². The molecule has 1 aliphatic rings. The number of imidazole rings is 1. The highest BCUT2D eigenvalue weighted by molar-refractivity contribution is 6.05. The molecule has 2 aromatic carbocycles. The van der Waals surface area contributed by atoms with Crippen LogP contribution in [0.1, 0.15) is 23.2 Å². The van der Waals surface area contributed by atoms with Gasteiger partial charge in [-0.2, -0.15) is 0 Å². The Morgan fingerprint density at radius 2 is 1.87 bits per heavy atom. The Labute approximate surface area is 173 Å². The third-order valence-electron chi connectivity index (χ3n) is 5.30. The predicted octanol–water partition coefficient (Wildman–Crippen LogP) is 4.38. The van der Waals surface area contributed by atoms with E-state index in [1.54, 1.807) is 17.0 Å². The maximum absolute atomic E-state index is 12.7. The maximum atomic E-state index is 12.7. The molecule has 0 radical (unpaired) electrons. The van der Waals surface area contributed by atoms with Crippen molar-refractivity contribution in [2.45, 2.75) is 12.8 Å². The van der Waals surface area contributed by atoms with Crippen molar-refractivity contribution in [2.24, 2.45) is 0 Å². The van der Waals surface area contributed by atoms with E-state index in [0.29, 0.717) is 24.2 Å². The van der Waals surface area contributed by atoms with Crippen molar-refractivity contribution in [3.05, 3.63) is 84.7 Å². The van der Waals surface area contributed by atoms with E-state index in [-0.39, 0.29) is 11.8 Å². The van der Waals surface area contributed by atoms with Gasteiger partial charge in [-0.3, -0.25) is 9.59 Å². The fourth-order valence-corrected chi connectivity index (χ4v) is 3.74. The lowest BCUT2D eigenvalue weighted by molar-refractivity contribution is -0.117. The fourth-order valence-electron chi connectivity index (χ4n) is 3.74. The normalized spacial score (nSPS) is 13.7. The van der Waals surface area contributed by atoms with Gasteiger partial charge in [-0.05, 0) is 48.9 Å². The van der Waals surface area contributed by atoms with Crippen molar-refractivity contribution in [1.29, 1.82) is 0 Å². The first-order chi connectivity index (χ1) is 14.7. The van der Waals surface area contributed by atoms with E-state index in [1.807, 2.05) is 71.4 Å². The van der Waals surface area contributed by atoms with E-state index in [9.17, 15) is 9.59 Å². The van der Waals surface area contributed by atoms with Gasteiger partial charge in [0.05, 0.1) is 5.69 Å². The Hall–Kier alpha value is -3.93. The zero-order valence-corrected chi connectivity index (χ0v) is 16.3. The summed E-state index contributed by atoms with van der Waals surface area (Å²) in [6, 6.07) is 20.7. The highest BCUT2D eigenvalue weighted by Crippen LogP contribution is 2.24. The molecule has 1 fully saturated rings. The lowest BCUT2D eigenvalue weighted by atomic mass is 10.1. The van der Waals surface area contributed by atoms with Gasteiger partial charge < -0.3 is 14.6 Å². The average molecular weight is 396 g/mol. The number of nitrogens with zero attached hydrogens (tertiary/aromatic N) is 3. The first-order valence-corrected chi connectivity index (χ1v) is 9.93. The van der Waals surface area contributed by atoms with Crippen molar-refractivity contribution in [3.63, 3.8) is 0 Å². The highest BCUT2D eigenvalue weighted by atomic mass is 16.2. The number of benzene rings is 2. The molecule has 1 saturated heterocycles. The number of fused-ring (bicyclic) bond motifs is 1. The molecule has 0 atom stereocenters. The van der Waals surface area contributed by atoms with Crippen LogP contribution in [-0.2, 0) is 4.79 Å². The van der Waals surface area contributed by atoms with Crippen molar-refractivity contribution in [3.8, 4) is 11.3 Å². The first kappa shape index (κ1) is 18.1. The van der Waals surface area contributed by atoms with Gasteiger partial charge in [-0.25, -0.2) is 4.98 Å². The third kappa shape index (κ3) is 3.43. The number of carbonyl (C=O) groups excluding carboxylic acids is 2. The Morgan fingerprint density at radius 3 is 2.63 bits per heavy atom. The molecule has 6 heteroatoms. The van der Waals surface area contributed by atoms with Crippen molar-refractivity contribution >= 4 is 28.8 Å². The van der Waals surface area contributed by atoms with Crippen LogP contribution < -0.4 is 10.2 Å². The van der Waals surface area contributed by atoms with Crippen molar-refractivity contribution in [2.75, 3.05) is 16.8 Å². The van der Waals surface area contributed by atoms with E-state index >= 15 is 0 Å². The van der Waals surface area contributed by atoms with Crippen LogP contribution in [0.2, 0.25) is 0 Å². The molecule has 1 N–H and O–H groups in total. The Morgan fingerprint density at radius 1 is 1.00 bits per heavy atom. The van der Waals surface area contributed by atoms with E-state index < -0.39 is 0 Å². The molecule has 2 amide bonds. The quantitative estimate of drug-likeness (QED) is 0.557. The monoisotopic (exact) mass is 396 g/mol. The number of pyridine rings is 1. The number of aromatic nitrogens is 2. The smallest absolute Gasteiger partial charge is 0.255 e. The van der Waals surface area contributed by atoms with Crippen LogP contribution in [-0.4, -0.2) is 27.7 Å². The Balaban J connectivity index is 1.32. The van der Waals surface area contributed by atoms with E-state index in [1.165, 1.54) is 0 Å². The molecule has 0 aliphatic carbocycles. The van der Waals surface area contributed by atoms with E-state index in [4.69, 9.17) is 0 Å². The summed E-state index contributed by atoms with van der Waals surface area (Å²) in [7, 11) is 0. The number of nitrogens with one attached hydrogen (secondary N) is 1.